The molecular weight excluding hydrogens is 376 g/mol. The van der Waals surface area contributed by atoms with E-state index in [4.69, 9.17) is 0 Å². The Hall–Kier alpha value is -3.48. The maximum absolute atomic E-state index is 12.8. The van der Waals surface area contributed by atoms with Crippen molar-refractivity contribution in [1.82, 2.24) is 19.9 Å². The summed E-state index contributed by atoms with van der Waals surface area (Å²) in [6, 6.07) is 13.6. The summed E-state index contributed by atoms with van der Waals surface area (Å²) in [5, 5.41) is 3.26. The van der Waals surface area contributed by atoms with Gasteiger partial charge in [-0.2, -0.15) is 0 Å². The minimum atomic E-state index is 0.0846. The van der Waals surface area contributed by atoms with Crippen LogP contribution in [0.1, 0.15) is 27.3 Å². The maximum Gasteiger partial charge on any atom is 0.253 e. The summed E-state index contributed by atoms with van der Waals surface area (Å²) in [4.78, 5) is 30.3. The Morgan fingerprint density at radius 2 is 1.60 bits per heavy atom. The molecule has 1 fully saturated rings. The zero-order valence-electron chi connectivity index (χ0n) is 17.6. The van der Waals surface area contributed by atoms with Crippen molar-refractivity contribution in [1.29, 1.82) is 0 Å². The highest BCUT2D eigenvalue weighted by Gasteiger charge is 2.23. The van der Waals surface area contributed by atoms with Crippen molar-refractivity contribution < 1.29 is 4.79 Å². The molecule has 0 spiro atoms. The average molecular weight is 403 g/mol. The lowest BCUT2D eigenvalue weighted by Gasteiger charge is -2.35. The van der Waals surface area contributed by atoms with Crippen LogP contribution in [0, 0.1) is 20.8 Å². The van der Waals surface area contributed by atoms with Crippen molar-refractivity contribution in [2.75, 3.05) is 36.4 Å². The van der Waals surface area contributed by atoms with Gasteiger partial charge in [-0.1, -0.05) is 17.7 Å². The number of carbonyl (C=O) groups excluding carboxylic acids is 1. The number of aryl methyl sites for hydroxylation is 3. The number of hydrogen-bond donors (Lipinski definition) is 1. The van der Waals surface area contributed by atoms with Crippen LogP contribution in [0.2, 0.25) is 0 Å². The number of nitrogens with zero attached hydrogens (tertiary/aromatic N) is 5. The van der Waals surface area contributed by atoms with Crippen molar-refractivity contribution in [3.05, 3.63) is 71.2 Å². The molecule has 0 unspecified atom stereocenters. The topological polar surface area (TPSA) is 74.2 Å². The number of rotatable bonds is 4. The second kappa shape index (κ2) is 8.49. The number of benzene rings is 1. The molecule has 30 heavy (non-hydrogen) atoms. The summed E-state index contributed by atoms with van der Waals surface area (Å²) in [5.41, 5.74) is 3.03. The van der Waals surface area contributed by atoms with Crippen molar-refractivity contribution >= 4 is 23.4 Å². The molecule has 2 aromatic heterocycles. The Labute approximate surface area is 176 Å². The Morgan fingerprint density at radius 1 is 0.867 bits per heavy atom. The summed E-state index contributed by atoms with van der Waals surface area (Å²) in [7, 11) is 0. The molecule has 3 heterocycles. The van der Waals surface area contributed by atoms with Gasteiger partial charge in [-0.05, 0) is 50.6 Å². The smallest absolute Gasteiger partial charge is 0.253 e. The van der Waals surface area contributed by atoms with Gasteiger partial charge in [0.25, 0.3) is 5.91 Å². The van der Waals surface area contributed by atoms with Crippen LogP contribution in [0.3, 0.4) is 0 Å². The lowest BCUT2D eigenvalue weighted by Crippen LogP contribution is -2.49. The second-order valence-corrected chi connectivity index (χ2v) is 7.65. The van der Waals surface area contributed by atoms with Crippen molar-refractivity contribution in [3.8, 4) is 0 Å². The monoisotopic (exact) mass is 402 g/mol. The van der Waals surface area contributed by atoms with Crippen LogP contribution >= 0.6 is 0 Å². The molecule has 1 amide bonds. The molecule has 7 nitrogen and oxygen atoms in total. The van der Waals surface area contributed by atoms with Gasteiger partial charge in [0, 0.05) is 44.0 Å². The van der Waals surface area contributed by atoms with E-state index in [1.54, 1.807) is 6.20 Å². The first kappa shape index (κ1) is 19.8. The zero-order chi connectivity index (χ0) is 21.1. The quantitative estimate of drug-likeness (QED) is 0.720. The summed E-state index contributed by atoms with van der Waals surface area (Å²) in [6.07, 6.45) is 1.77. The molecule has 3 aromatic rings. The SMILES string of the molecule is Cc1ccc(C(=O)N2CCN(c3cc(Nc4cc(C)ccn4)nc(C)n3)CC2)cc1. The van der Waals surface area contributed by atoms with E-state index in [1.807, 2.05) is 68.1 Å². The van der Waals surface area contributed by atoms with Gasteiger partial charge in [-0.25, -0.2) is 15.0 Å². The lowest BCUT2D eigenvalue weighted by molar-refractivity contribution is 0.0746. The highest BCUT2D eigenvalue weighted by atomic mass is 16.2. The van der Waals surface area contributed by atoms with Crippen LogP contribution in [-0.2, 0) is 0 Å². The fraction of sp³-hybridized carbons (Fsp3) is 0.304. The van der Waals surface area contributed by atoms with Crippen LogP contribution in [0.4, 0.5) is 17.5 Å². The van der Waals surface area contributed by atoms with Gasteiger partial charge in [-0.3, -0.25) is 4.79 Å². The van der Waals surface area contributed by atoms with E-state index in [1.165, 1.54) is 0 Å². The molecule has 1 aromatic carbocycles. The lowest BCUT2D eigenvalue weighted by atomic mass is 10.1. The molecule has 4 rings (SSSR count). The molecular formula is C23H26N6O. The summed E-state index contributed by atoms with van der Waals surface area (Å²) >= 11 is 0. The van der Waals surface area contributed by atoms with Gasteiger partial charge in [0.2, 0.25) is 0 Å². The minimum absolute atomic E-state index is 0.0846. The minimum Gasteiger partial charge on any atom is -0.353 e. The van der Waals surface area contributed by atoms with Gasteiger partial charge < -0.3 is 15.1 Å². The van der Waals surface area contributed by atoms with Crippen LogP contribution in [0.15, 0.2) is 48.7 Å². The van der Waals surface area contributed by atoms with Gasteiger partial charge in [0.1, 0.15) is 23.3 Å². The number of nitrogens with one attached hydrogen (secondary N) is 1. The van der Waals surface area contributed by atoms with E-state index in [9.17, 15) is 4.79 Å². The van der Waals surface area contributed by atoms with E-state index in [0.717, 1.165) is 41.4 Å². The third kappa shape index (κ3) is 4.56. The van der Waals surface area contributed by atoms with Gasteiger partial charge >= 0.3 is 0 Å². The Kier molecular flexibility index (Phi) is 5.61. The number of pyridine rings is 1. The average Bonchev–Trinajstić information content (AvgIpc) is 2.73. The molecule has 1 N–H and O–H groups in total. The molecule has 0 aliphatic carbocycles. The van der Waals surface area contributed by atoms with Crippen LogP contribution in [0.25, 0.3) is 0 Å². The van der Waals surface area contributed by atoms with Gasteiger partial charge in [0.05, 0.1) is 0 Å². The summed E-state index contributed by atoms with van der Waals surface area (Å²) < 4.78 is 0. The molecule has 0 atom stereocenters. The van der Waals surface area contributed by atoms with Gasteiger partial charge in [0.15, 0.2) is 0 Å². The first-order valence-corrected chi connectivity index (χ1v) is 10.1. The number of amides is 1. The van der Waals surface area contributed by atoms with Crippen molar-refractivity contribution in [2.45, 2.75) is 20.8 Å². The number of anilines is 3. The third-order valence-electron chi connectivity index (χ3n) is 5.19. The normalized spacial score (nSPS) is 14.0. The highest BCUT2D eigenvalue weighted by molar-refractivity contribution is 5.94. The van der Waals surface area contributed by atoms with Crippen LogP contribution in [-0.4, -0.2) is 51.9 Å². The fourth-order valence-electron chi connectivity index (χ4n) is 3.53. The van der Waals surface area contributed by atoms with Crippen molar-refractivity contribution in [3.63, 3.8) is 0 Å². The largest absolute Gasteiger partial charge is 0.353 e. The predicted octanol–water partition coefficient (Wildman–Crippen LogP) is 3.50. The Balaban J connectivity index is 1.43. The fourth-order valence-corrected chi connectivity index (χ4v) is 3.53. The van der Waals surface area contributed by atoms with E-state index >= 15 is 0 Å². The Morgan fingerprint density at radius 3 is 2.30 bits per heavy atom. The number of piperazine rings is 1. The first-order valence-electron chi connectivity index (χ1n) is 10.1. The maximum atomic E-state index is 12.8. The van der Waals surface area contributed by atoms with Gasteiger partial charge in [-0.15, -0.1) is 0 Å². The molecule has 0 saturated carbocycles. The van der Waals surface area contributed by atoms with E-state index < -0.39 is 0 Å². The van der Waals surface area contributed by atoms with Crippen LogP contribution in [0.5, 0.6) is 0 Å². The van der Waals surface area contributed by atoms with E-state index in [0.29, 0.717) is 24.7 Å². The molecule has 1 aliphatic heterocycles. The second-order valence-electron chi connectivity index (χ2n) is 7.65. The molecule has 154 valence electrons. The molecule has 1 aliphatic rings. The number of aromatic nitrogens is 3. The Bertz CT molecular complexity index is 1040. The zero-order valence-corrected chi connectivity index (χ0v) is 17.6. The third-order valence-corrected chi connectivity index (χ3v) is 5.19. The summed E-state index contributed by atoms with van der Waals surface area (Å²) in [5.74, 6) is 3.11. The van der Waals surface area contributed by atoms with Crippen LogP contribution < -0.4 is 10.2 Å². The highest BCUT2D eigenvalue weighted by Crippen LogP contribution is 2.21. The van der Waals surface area contributed by atoms with E-state index in [-0.39, 0.29) is 5.91 Å². The molecule has 0 radical (unpaired) electrons. The number of hydrogen-bond acceptors (Lipinski definition) is 6. The summed E-state index contributed by atoms with van der Waals surface area (Å²) in [6.45, 7) is 8.73. The number of carbonyl (C=O) groups is 1. The predicted molar refractivity (Wildman–Crippen MR) is 118 cm³/mol. The molecule has 0 bridgehead atoms. The van der Waals surface area contributed by atoms with E-state index in [2.05, 4.69) is 25.2 Å². The first-order chi connectivity index (χ1) is 14.5. The molecule has 7 heteroatoms. The molecule has 1 saturated heterocycles. The standard InChI is InChI=1S/C23H26N6O/c1-16-4-6-19(7-5-16)23(30)29-12-10-28(11-13-29)22-15-21(25-18(3)26-22)27-20-14-17(2)8-9-24-20/h4-9,14-15H,10-13H2,1-3H3,(H,24,25,26,27). The van der Waals surface area contributed by atoms with Crippen molar-refractivity contribution in [2.24, 2.45) is 0 Å².